The zero-order valence-corrected chi connectivity index (χ0v) is 12.7. The van der Waals surface area contributed by atoms with Gasteiger partial charge in [-0.2, -0.15) is 5.10 Å². The third-order valence-electron chi connectivity index (χ3n) is 3.14. The van der Waals surface area contributed by atoms with E-state index in [4.69, 9.17) is 16.3 Å². The Morgan fingerprint density at radius 1 is 1.35 bits per heavy atom. The summed E-state index contributed by atoms with van der Waals surface area (Å²) in [6, 6.07) is 7.84. The number of hydrogen-bond donors (Lipinski definition) is 1. The topological polar surface area (TPSA) is 39.1 Å². The molecule has 0 aliphatic carbocycles. The average Bonchev–Trinajstić information content (AvgIpc) is 2.84. The van der Waals surface area contributed by atoms with Gasteiger partial charge >= 0.3 is 0 Å². The minimum atomic E-state index is 0.586. The van der Waals surface area contributed by atoms with Gasteiger partial charge in [-0.05, 0) is 18.7 Å². The molecule has 4 nitrogen and oxygen atoms in total. The summed E-state index contributed by atoms with van der Waals surface area (Å²) in [4.78, 5) is 0. The molecular weight excluding hydrogens is 274 g/mol. The van der Waals surface area contributed by atoms with E-state index in [0.717, 1.165) is 36.5 Å². The minimum absolute atomic E-state index is 0.586. The number of aromatic nitrogens is 2. The van der Waals surface area contributed by atoms with Crippen molar-refractivity contribution in [1.82, 2.24) is 15.1 Å². The molecule has 1 N–H and O–H groups in total. The Morgan fingerprint density at radius 2 is 2.20 bits per heavy atom. The maximum atomic E-state index is 6.23. The van der Waals surface area contributed by atoms with Crippen molar-refractivity contribution >= 4 is 11.6 Å². The van der Waals surface area contributed by atoms with E-state index in [0.29, 0.717) is 11.6 Å². The Balaban J connectivity index is 1.99. The van der Waals surface area contributed by atoms with Crippen molar-refractivity contribution < 1.29 is 4.74 Å². The standard InChI is InChI=1S/C15H20ClN3O/c1-3-17-11-12-5-4-6-14(16)15(12)20-10-8-13-7-9-18-19(13)2/h4-7,9,17H,3,8,10-11H2,1-2H3. The molecule has 0 unspecified atom stereocenters. The number of ether oxygens (including phenoxy) is 1. The molecule has 1 heterocycles. The highest BCUT2D eigenvalue weighted by molar-refractivity contribution is 6.32. The molecule has 0 aliphatic heterocycles. The fourth-order valence-corrected chi connectivity index (χ4v) is 2.27. The van der Waals surface area contributed by atoms with Gasteiger partial charge < -0.3 is 10.1 Å². The molecule has 0 radical (unpaired) electrons. The quantitative estimate of drug-likeness (QED) is 0.853. The van der Waals surface area contributed by atoms with Crippen LogP contribution in [0.2, 0.25) is 5.02 Å². The second-order valence-corrected chi connectivity index (χ2v) is 4.96. The summed E-state index contributed by atoms with van der Waals surface area (Å²) in [6.45, 7) is 4.34. The first-order valence-corrected chi connectivity index (χ1v) is 7.18. The van der Waals surface area contributed by atoms with Crippen molar-refractivity contribution in [2.45, 2.75) is 19.9 Å². The molecule has 5 heteroatoms. The van der Waals surface area contributed by atoms with Crippen LogP contribution in [0.1, 0.15) is 18.2 Å². The van der Waals surface area contributed by atoms with Gasteiger partial charge in [0, 0.05) is 37.5 Å². The van der Waals surface area contributed by atoms with E-state index in [1.165, 1.54) is 0 Å². The van der Waals surface area contributed by atoms with Crippen LogP contribution in [0, 0.1) is 0 Å². The maximum absolute atomic E-state index is 6.23. The molecule has 0 aliphatic rings. The largest absolute Gasteiger partial charge is 0.491 e. The number of hydrogen-bond acceptors (Lipinski definition) is 3. The van der Waals surface area contributed by atoms with Crippen molar-refractivity contribution in [2.75, 3.05) is 13.2 Å². The lowest BCUT2D eigenvalue weighted by Gasteiger charge is -2.13. The lowest BCUT2D eigenvalue weighted by atomic mass is 10.2. The van der Waals surface area contributed by atoms with Crippen LogP contribution in [0.25, 0.3) is 0 Å². The minimum Gasteiger partial charge on any atom is -0.491 e. The van der Waals surface area contributed by atoms with Gasteiger partial charge in [0.25, 0.3) is 0 Å². The lowest BCUT2D eigenvalue weighted by Crippen LogP contribution is -2.14. The zero-order valence-electron chi connectivity index (χ0n) is 11.9. The molecule has 2 aromatic rings. The third kappa shape index (κ3) is 3.74. The molecule has 2 rings (SSSR count). The van der Waals surface area contributed by atoms with Gasteiger partial charge in [-0.25, -0.2) is 0 Å². The Bertz CT molecular complexity index is 554. The van der Waals surface area contributed by atoms with Gasteiger partial charge in [-0.1, -0.05) is 30.7 Å². The Morgan fingerprint density at radius 3 is 2.90 bits per heavy atom. The smallest absolute Gasteiger partial charge is 0.142 e. The summed E-state index contributed by atoms with van der Waals surface area (Å²) in [5, 5.41) is 8.09. The molecule has 0 saturated heterocycles. The molecule has 0 spiro atoms. The van der Waals surface area contributed by atoms with Crippen molar-refractivity contribution in [3.63, 3.8) is 0 Å². The number of nitrogens with one attached hydrogen (secondary N) is 1. The summed E-state index contributed by atoms with van der Waals surface area (Å²) in [6.07, 6.45) is 2.60. The Labute approximate surface area is 124 Å². The molecule has 108 valence electrons. The molecule has 0 bridgehead atoms. The molecule has 0 atom stereocenters. The second kappa shape index (κ2) is 7.31. The van der Waals surface area contributed by atoms with Gasteiger partial charge in [0.05, 0.1) is 11.6 Å². The molecule has 0 amide bonds. The van der Waals surface area contributed by atoms with Gasteiger partial charge in [0.2, 0.25) is 0 Å². The van der Waals surface area contributed by atoms with Crippen LogP contribution in [0.15, 0.2) is 30.5 Å². The average molecular weight is 294 g/mol. The highest BCUT2D eigenvalue weighted by Crippen LogP contribution is 2.28. The van der Waals surface area contributed by atoms with Gasteiger partial charge in [-0.15, -0.1) is 0 Å². The van der Waals surface area contributed by atoms with E-state index in [-0.39, 0.29) is 0 Å². The van der Waals surface area contributed by atoms with Crippen LogP contribution >= 0.6 is 11.6 Å². The van der Waals surface area contributed by atoms with E-state index < -0.39 is 0 Å². The van der Waals surface area contributed by atoms with E-state index in [2.05, 4.69) is 17.3 Å². The van der Waals surface area contributed by atoms with Gasteiger partial charge in [0.15, 0.2) is 0 Å². The predicted octanol–water partition coefficient (Wildman–Crippen LogP) is 2.80. The fraction of sp³-hybridized carbons (Fsp3) is 0.400. The predicted molar refractivity (Wildman–Crippen MR) is 81.2 cm³/mol. The SMILES string of the molecule is CCNCc1cccc(Cl)c1OCCc1ccnn1C. The highest BCUT2D eigenvalue weighted by atomic mass is 35.5. The van der Waals surface area contributed by atoms with Crippen LogP contribution in [0.5, 0.6) is 5.75 Å². The second-order valence-electron chi connectivity index (χ2n) is 4.55. The number of rotatable bonds is 7. The lowest BCUT2D eigenvalue weighted by molar-refractivity contribution is 0.314. The van der Waals surface area contributed by atoms with Crippen LogP contribution < -0.4 is 10.1 Å². The van der Waals surface area contributed by atoms with Crippen LogP contribution in [0.3, 0.4) is 0 Å². The van der Waals surface area contributed by atoms with E-state index in [9.17, 15) is 0 Å². The van der Waals surface area contributed by atoms with Crippen molar-refractivity contribution in [3.8, 4) is 5.75 Å². The van der Waals surface area contributed by atoms with Crippen molar-refractivity contribution in [3.05, 3.63) is 46.7 Å². The number of para-hydroxylation sites is 1. The Kier molecular flexibility index (Phi) is 5.44. The normalized spacial score (nSPS) is 10.8. The number of benzene rings is 1. The summed E-state index contributed by atoms with van der Waals surface area (Å²) in [5.74, 6) is 0.775. The fourth-order valence-electron chi connectivity index (χ4n) is 2.02. The summed E-state index contributed by atoms with van der Waals surface area (Å²) < 4.78 is 7.74. The van der Waals surface area contributed by atoms with Crippen molar-refractivity contribution in [2.24, 2.45) is 7.05 Å². The van der Waals surface area contributed by atoms with E-state index in [1.807, 2.05) is 36.0 Å². The molecule has 0 fully saturated rings. The molecule has 20 heavy (non-hydrogen) atoms. The maximum Gasteiger partial charge on any atom is 0.142 e. The Hall–Kier alpha value is -1.52. The van der Waals surface area contributed by atoms with E-state index in [1.54, 1.807) is 6.20 Å². The van der Waals surface area contributed by atoms with Crippen molar-refractivity contribution in [1.29, 1.82) is 0 Å². The molecule has 1 aromatic carbocycles. The summed E-state index contributed by atoms with van der Waals surface area (Å²) in [7, 11) is 1.93. The first-order chi connectivity index (χ1) is 9.72. The molecule has 0 saturated carbocycles. The molecule has 1 aromatic heterocycles. The van der Waals surface area contributed by atoms with Gasteiger partial charge in [-0.3, -0.25) is 4.68 Å². The van der Waals surface area contributed by atoms with Gasteiger partial charge in [0.1, 0.15) is 5.75 Å². The number of aryl methyl sites for hydroxylation is 1. The van der Waals surface area contributed by atoms with E-state index >= 15 is 0 Å². The van der Waals surface area contributed by atoms with Crippen LogP contribution in [-0.4, -0.2) is 22.9 Å². The monoisotopic (exact) mass is 293 g/mol. The zero-order chi connectivity index (χ0) is 14.4. The van der Waals surface area contributed by atoms with Crippen LogP contribution in [0.4, 0.5) is 0 Å². The third-order valence-corrected chi connectivity index (χ3v) is 3.44. The number of halogens is 1. The first-order valence-electron chi connectivity index (χ1n) is 6.80. The number of nitrogens with zero attached hydrogens (tertiary/aromatic N) is 2. The van der Waals surface area contributed by atoms with Crippen LogP contribution in [-0.2, 0) is 20.0 Å². The summed E-state index contributed by atoms with van der Waals surface area (Å²) in [5.41, 5.74) is 2.23. The highest BCUT2D eigenvalue weighted by Gasteiger charge is 2.08. The molecular formula is C15H20ClN3O. The first kappa shape index (κ1) is 14.9. The summed E-state index contributed by atoms with van der Waals surface area (Å²) >= 11 is 6.23.